The van der Waals surface area contributed by atoms with Crippen molar-refractivity contribution in [1.29, 1.82) is 0 Å². The quantitative estimate of drug-likeness (QED) is 0.167. The Morgan fingerprint density at radius 2 is 1.21 bits per heavy atom. The lowest BCUT2D eigenvalue weighted by molar-refractivity contribution is 0.812. The summed E-state index contributed by atoms with van der Waals surface area (Å²) in [6, 6.07) is 68.0. The summed E-state index contributed by atoms with van der Waals surface area (Å²) < 4.78 is 5.89. The predicted molar refractivity (Wildman–Crippen MR) is 266 cm³/mol. The average Bonchev–Trinajstić information content (AvgIpc) is 4.03. The van der Waals surface area contributed by atoms with Gasteiger partial charge < -0.3 is 4.57 Å². The third-order valence-corrected chi connectivity index (χ3v) is 14.1. The molecule has 1 aliphatic rings. The lowest BCUT2D eigenvalue weighted by atomic mass is 9.95. The fraction of sp³-hybridized carbons (Fsp3) is 0.0345. The molecular formula is C58H38N4S. The monoisotopic (exact) mass is 822 g/mol. The highest BCUT2D eigenvalue weighted by atomic mass is 32.1. The molecule has 63 heavy (non-hydrogen) atoms. The van der Waals surface area contributed by atoms with Gasteiger partial charge in [-0.3, -0.25) is 4.57 Å². The first kappa shape index (κ1) is 35.9. The van der Waals surface area contributed by atoms with E-state index < -0.39 is 0 Å². The second-order valence-electron chi connectivity index (χ2n) is 16.4. The molecule has 4 nitrogen and oxygen atoms in total. The van der Waals surface area contributed by atoms with Crippen LogP contribution in [-0.4, -0.2) is 19.1 Å². The molecule has 0 aliphatic heterocycles. The van der Waals surface area contributed by atoms with Crippen LogP contribution < -0.4 is 0 Å². The highest BCUT2D eigenvalue weighted by Gasteiger charge is 2.27. The second kappa shape index (κ2) is 14.4. The van der Waals surface area contributed by atoms with Crippen molar-refractivity contribution in [3.63, 3.8) is 0 Å². The van der Waals surface area contributed by atoms with Crippen LogP contribution in [0, 0.1) is 0 Å². The zero-order chi connectivity index (χ0) is 41.4. The minimum Gasteiger partial charge on any atom is -0.309 e. The van der Waals surface area contributed by atoms with E-state index in [1.54, 1.807) is 0 Å². The Morgan fingerprint density at radius 1 is 0.508 bits per heavy atom. The van der Waals surface area contributed by atoms with Crippen LogP contribution in [0.25, 0.3) is 109 Å². The molecule has 12 aromatic rings. The predicted octanol–water partition coefficient (Wildman–Crippen LogP) is 15.6. The Hall–Kier alpha value is -7.86. The maximum absolute atomic E-state index is 5.68. The molecule has 0 bridgehead atoms. The van der Waals surface area contributed by atoms with Crippen molar-refractivity contribution in [2.24, 2.45) is 0 Å². The Labute approximate surface area is 368 Å². The molecule has 0 N–H and O–H groups in total. The first-order valence-corrected chi connectivity index (χ1v) is 22.4. The van der Waals surface area contributed by atoms with Crippen molar-refractivity contribution < 1.29 is 0 Å². The second-order valence-corrected chi connectivity index (χ2v) is 17.4. The maximum Gasteiger partial charge on any atom is 0.235 e. The van der Waals surface area contributed by atoms with E-state index in [1.165, 1.54) is 59.4 Å². The molecule has 8 aromatic carbocycles. The van der Waals surface area contributed by atoms with Gasteiger partial charge in [0.25, 0.3) is 0 Å². The van der Waals surface area contributed by atoms with Gasteiger partial charge in [-0.25, -0.2) is 9.97 Å². The van der Waals surface area contributed by atoms with Gasteiger partial charge in [-0.15, -0.1) is 11.3 Å². The summed E-state index contributed by atoms with van der Waals surface area (Å²) in [5.41, 5.74) is 13.6. The van der Waals surface area contributed by atoms with Crippen molar-refractivity contribution in [3.05, 3.63) is 218 Å². The number of para-hydroxylation sites is 3. The van der Waals surface area contributed by atoms with Gasteiger partial charge in [0.2, 0.25) is 5.95 Å². The van der Waals surface area contributed by atoms with E-state index in [9.17, 15) is 0 Å². The summed E-state index contributed by atoms with van der Waals surface area (Å²) in [5.74, 6) is 0.798. The Kier molecular flexibility index (Phi) is 8.18. The van der Waals surface area contributed by atoms with Gasteiger partial charge in [0.15, 0.2) is 0 Å². The van der Waals surface area contributed by atoms with Crippen molar-refractivity contribution in [3.8, 4) is 44.3 Å². The molecule has 1 unspecified atom stereocenters. The third kappa shape index (κ3) is 5.60. The Morgan fingerprint density at radius 3 is 2.02 bits per heavy atom. The molecule has 0 saturated carbocycles. The molecule has 0 spiro atoms. The van der Waals surface area contributed by atoms with Crippen LogP contribution in [-0.2, 0) is 0 Å². The van der Waals surface area contributed by atoms with E-state index in [-0.39, 0.29) is 5.92 Å². The van der Waals surface area contributed by atoms with E-state index in [0.29, 0.717) is 5.95 Å². The van der Waals surface area contributed by atoms with Crippen molar-refractivity contribution in [1.82, 2.24) is 19.1 Å². The SMILES string of the molecule is C1=CCC(c2nc(-n3c4ccc(-c5cccc6c7ccccc7n(-c7ccccc7)c56)cc4c4c5ccccc5ccc43)nc3c(-c4ccccc4)c(-c4ccccc4)sc23)C=C1. The molecule has 0 amide bonds. The van der Waals surface area contributed by atoms with Gasteiger partial charge >= 0.3 is 0 Å². The lowest BCUT2D eigenvalue weighted by Gasteiger charge is -2.16. The molecular weight excluding hydrogens is 785 g/mol. The number of benzene rings is 8. The first-order valence-electron chi connectivity index (χ1n) is 21.6. The van der Waals surface area contributed by atoms with E-state index in [0.717, 1.165) is 55.7 Å². The zero-order valence-corrected chi connectivity index (χ0v) is 35.0. The maximum atomic E-state index is 5.68. The van der Waals surface area contributed by atoms with Crippen LogP contribution >= 0.6 is 11.3 Å². The molecule has 13 rings (SSSR count). The van der Waals surface area contributed by atoms with Crippen LogP contribution in [0.4, 0.5) is 0 Å². The number of fused-ring (bicyclic) bond motifs is 9. The molecule has 0 saturated heterocycles. The fourth-order valence-electron chi connectivity index (χ4n) is 10.1. The van der Waals surface area contributed by atoms with Crippen molar-refractivity contribution >= 4 is 75.9 Å². The summed E-state index contributed by atoms with van der Waals surface area (Å²) >= 11 is 1.81. The van der Waals surface area contributed by atoms with E-state index >= 15 is 0 Å². The standard InChI is InChI=1S/C58H38N4S/c1-5-19-38(20-6-1)51-54-57(63-56(51)40-23-9-3-10-24-40)53(39-21-7-2-8-22-39)59-58(60-54)62-49-34-33-41(36-47(49)52-43-27-14-13-18-37(43)32-35-50(52)62)44-29-17-30-46-45-28-15-16-31-48(45)61(55(44)46)42-25-11-4-12-26-42/h1-21,23-36,39H,22H2. The fourth-order valence-corrected chi connectivity index (χ4v) is 11.4. The molecule has 296 valence electrons. The molecule has 0 radical (unpaired) electrons. The molecule has 0 fully saturated rings. The number of rotatable bonds is 6. The molecule has 1 atom stereocenters. The summed E-state index contributed by atoms with van der Waals surface area (Å²) in [4.78, 5) is 12.5. The Balaban J connectivity index is 1.12. The van der Waals surface area contributed by atoms with E-state index in [4.69, 9.17) is 9.97 Å². The van der Waals surface area contributed by atoms with Gasteiger partial charge in [-0.2, -0.15) is 0 Å². The number of thiophene rings is 1. The summed E-state index contributed by atoms with van der Waals surface area (Å²) in [7, 11) is 0. The molecule has 5 heteroatoms. The highest BCUT2D eigenvalue weighted by molar-refractivity contribution is 7.23. The van der Waals surface area contributed by atoms with E-state index in [2.05, 4.69) is 221 Å². The van der Waals surface area contributed by atoms with Gasteiger partial charge in [0.1, 0.15) is 0 Å². The number of allylic oxidation sites excluding steroid dienone is 4. The van der Waals surface area contributed by atoms with E-state index in [1.807, 2.05) is 11.3 Å². The largest absolute Gasteiger partial charge is 0.309 e. The van der Waals surface area contributed by atoms with Crippen LogP contribution in [0.15, 0.2) is 212 Å². The number of aromatic nitrogens is 4. The number of hydrogen-bond donors (Lipinski definition) is 0. The topological polar surface area (TPSA) is 35.6 Å². The zero-order valence-electron chi connectivity index (χ0n) is 34.2. The normalized spacial score (nSPS) is 14.0. The van der Waals surface area contributed by atoms with Crippen LogP contribution in [0.2, 0.25) is 0 Å². The van der Waals surface area contributed by atoms with Crippen LogP contribution in [0.3, 0.4) is 0 Å². The van der Waals surface area contributed by atoms with Crippen molar-refractivity contribution in [2.45, 2.75) is 12.3 Å². The average molecular weight is 823 g/mol. The molecule has 4 heterocycles. The number of hydrogen-bond acceptors (Lipinski definition) is 3. The van der Waals surface area contributed by atoms with Gasteiger partial charge in [-0.05, 0) is 70.3 Å². The lowest BCUT2D eigenvalue weighted by Crippen LogP contribution is -2.07. The molecule has 4 aromatic heterocycles. The van der Waals surface area contributed by atoms with Crippen LogP contribution in [0.5, 0.6) is 0 Å². The Bertz CT molecular complexity index is 3820. The summed E-state index contributed by atoms with van der Waals surface area (Å²) in [6.45, 7) is 0. The smallest absolute Gasteiger partial charge is 0.235 e. The molecule has 1 aliphatic carbocycles. The summed E-state index contributed by atoms with van der Waals surface area (Å²) in [5, 5.41) is 7.26. The first-order chi connectivity index (χ1) is 31.3. The van der Waals surface area contributed by atoms with Gasteiger partial charge in [-0.1, -0.05) is 176 Å². The minimum atomic E-state index is 0.113. The highest BCUT2D eigenvalue weighted by Crippen LogP contribution is 2.48. The van der Waals surface area contributed by atoms with Crippen LogP contribution in [0.1, 0.15) is 18.0 Å². The van der Waals surface area contributed by atoms with Gasteiger partial charge in [0, 0.05) is 49.2 Å². The summed E-state index contributed by atoms with van der Waals surface area (Å²) in [6.07, 6.45) is 9.75. The third-order valence-electron chi connectivity index (χ3n) is 12.9. The van der Waals surface area contributed by atoms with Crippen molar-refractivity contribution in [2.75, 3.05) is 0 Å². The number of nitrogens with zero attached hydrogens (tertiary/aromatic N) is 4. The van der Waals surface area contributed by atoms with Gasteiger partial charge in [0.05, 0.1) is 38.0 Å². The minimum absolute atomic E-state index is 0.113.